The number of aromatic nitrogens is 4. The summed E-state index contributed by atoms with van der Waals surface area (Å²) in [6.45, 7) is 1.61. The van der Waals surface area contributed by atoms with Crippen LogP contribution in [0.2, 0.25) is 0 Å². The monoisotopic (exact) mass is 490 g/mol. The Kier molecular flexibility index (Phi) is 5.94. The average molecular weight is 491 g/mol. The maximum atomic E-state index is 12.6. The van der Waals surface area contributed by atoms with E-state index in [0.29, 0.717) is 23.0 Å². The number of rotatable bonds is 5. The molecule has 2 saturated heterocycles. The van der Waals surface area contributed by atoms with Crippen molar-refractivity contribution in [1.82, 2.24) is 19.9 Å². The fourth-order valence-corrected chi connectivity index (χ4v) is 5.75. The molecule has 0 saturated carbocycles. The largest absolute Gasteiger partial charge is 0.616 e. The molecule has 8 nitrogen and oxygen atoms in total. The Morgan fingerprint density at radius 3 is 2.56 bits per heavy atom. The number of hydrogen-bond donors (Lipinski definition) is 1. The third-order valence-electron chi connectivity index (χ3n) is 5.95. The van der Waals surface area contributed by atoms with Crippen molar-refractivity contribution < 1.29 is 22.5 Å². The van der Waals surface area contributed by atoms with Crippen LogP contribution in [0.5, 0.6) is 5.75 Å². The number of ether oxygens (including phenoxy) is 1. The second kappa shape index (κ2) is 8.91. The van der Waals surface area contributed by atoms with Crippen LogP contribution in [0, 0.1) is 5.41 Å². The van der Waals surface area contributed by atoms with E-state index in [2.05, 4.69) is 29.9 Å². The molecule has 2 aliphatic rings. The van der Waals surface area contributed by atoms with Gasteiger partial charge < -0.3 is 19.5 Å². The number of nitrogens with one attached hydrogen (secondary N) is 1. The van der Waals surface area contributed by atoms with Crippen LogP contribution in [0.25, 0.3) is 11.4 Å². The summed E-state index contributed by atoms with van der Waals surface area (Å²) in [5.41, 5.74) is 0.865. The van der Waals surface area contributed by atoms with Crippen molar-refractivity contribution in [2.24, 2.45) is 5.41 Å². The fourth-order valence-electron chi connectivity index (χ4n) is 4.22. The van der Waals surface area contributed by atoms with Crippen molar-refractivity contribution in [3.63, 3.8) is 0 Å². The van der Waals surface area contributed by atoms with Crippen molar-refractivity contribution in [3.05, 3.63) is 48.9 Å². The molecule has 2 fully saturated rings. The van der Waals surface area contributed by atoms with Gasteiger partial charge >= 0.3 is 6.36 Å². The van der Waals surface area contributed by atoms with E-state index in [1.807, 2.05) is 6.07 Å². The summed E-state index contributed by atoms with van der Waals surface area (Å²) in [5, 5.41) is 2.96. The number of hydrogen-bond acceptors (Lipinski definition) is 8. The molecule has 0 amide bonds. The van der Waals surface area contributed by atoms with Gasteiger partial charge in [-0.3, -0.25) is 4.98 Å². The summed E-state index contributed by atoms with van der Waals surface area (Å²) in [6.07, 6.45) is 1.57. The van der Waals surface area contributed by atoms with Crippen LogP contribution in [0.4, 0.5) is 30.6 Å². The summed E-state index contributed by atoms with van der Waals surface area (Å²) >= 11 is -0.722. The van der Waals surface area contributed by atoms with Crippen molar-refractivity contribution in [2.75, 3.05) is 34.8 Å². The quantitative estimate of drug-likeness (QED) is 0.538. The van der Waals surface area contributed by atoms with Gasteiger partial charge in [-0.1, -0.05) is 11.2 Å². The topological polar surface area (TPSA) is 99.1 Å². The lowest BCUT2D eigenvalue weighted by atomic mass is 9.75. The van der Waals surface area contributed by atoms with E-state index in [9.17, 15) is 17.7 Å². The molecular formula is C22H21F3N6O2S. The highest BCUT2D eigenvalue weighted by molar-refractivity contribution is 7.91. The van der Waals surface area contributed by atoms with E-state index < -0.39 is 17.5 Å². The molecule has 0 aromatic carbocycles. The molecule has 0 unspecified atom stereocenters. The molecule has 178 valence electrons. The van der Waals surface area contributed by atoms with E-state index in [4.69, 9.17) is 4.98 Å². The van der Waals surface area contributed by atoms with Gasteiger partial charge in [-0.25, -0.2) is 15.0 Å². The zero-order chi connectivity index (χ0) is 23.8. The smallest absolute Gasteiger partial charge is 0.573 e. The van der Waals surface area contributed by atoms with Gasteiger partial charge in [0.25, 0.3) is 0 Å². The molecule has 3 aromatic heterocycles. The second-order valence-corrected chi connectivity index (χ2v) is 10.1. The minimum atomic E-state index is -4.80. The summed E-state index contributed by atoms with van der Waals surface area (Å²) in [4.78, 5) is 19.6. The lowest BCUT2D eigenvalue weighted by Crippen LogP contribution is -2.59. The highest BCUT2D eigenvalue weighted by atomic mass is 32.2. The molecule has 0 bridgehead atoms. The van der Waals surface area contributed by atoms with Gasteiger partial charge in [0.2, 0.25) is 0 Å². The number of nitrogens with zero attached hydrogens (tertiary/aromatic N) is 5. The van der Waals surface area contributed by atoms with Crippen LogP contribution in [0.1, 0.15) is 12.8 Å². The first-order valence-electron chi connectivity index (χ1n) is 10.7. The molecule has 3 aromatic rings. The van der Waals surface area contributed by atoms with Crippen LogP contribution in [-0.4, -0.2) is 55.4 Å². The van der Waals surface area contributed by atoms with E-state index in [-0.39, 0.29) is 17.0 Å². The van der Waals surface area contributed by atoms with E-state index >= 15 is 0 Å². The van der Waals surface area contributed by atoms with Crippen LogP contribution in [0.15, 0.2) is 48.9 Å². The molecule has 0 aliphatic carbocycles. The van der Waals surface area contributed by atoms with Crippen molar-refractivity contribution in [2.45, 2.75) is 19.2 Å². The maximum Gasteiger partial charge on any atom is 0.573 e. The first-order valence-corrected chi connectivity index (χ1v) is 12.1. The first kappa shape index (κ1) is 22.7. The number of alkyl halides is 3. The Morgan fingerprint density at radius 2 is 1.85 bits per heavy atom. The second-order valence-electron chi connectivity index (χ2n) is 8.43. The Balaban J connectivity index is 1.41. The number of anilines is 3. The zero-order valence-electron chi connectivity index (χ0n) is 18.0. The number of halogens is 3. The van der Waals surface area contributed by atoms with Crippen LogP contribution in [-0.2, 0) is 11.2 Å². The maximum absolute atomic E-state index is 12.6. The third-order valence-corrected chi connectivity index (χ3v) is 7.27. The predicted molar refractivity (Wildman–Crippen MR) is 121 cm³/mol. The highest BCUT2D eigenvalue weighted by Gasteiger charge is 2.47. The van der Waals surface area contributed by atoms with Crippen molar-refractivity contribution in [1.29, 1.82) is 0 Å². The SMILES string of the molecule is [O-][S+]1CCC2(CC1)CN(c1cc(Nc3cc(OC(F)(F)F)ccn3)nc(-c3cccnc3)n1)C2. The summed E-state index contributed by atoms with van der Waals surface area (Å²) in [6, 6.07) is 7.63. The molecule has 5 rings (SSSR count). The minimum absolute atomic E-state index is 0.151. The predicted octanol–water partition coefficient (Wildman–Crippen LogP) is 3.92. The van der Waals surface area contributed by atoms with E-state index in [1.165, 1.54) is 6.20 Å². The van der Waals surface area contributed by atoms with Crippen LogP contribution in [0.3, 0.4) is 0 Å². The van der Waals surface area contributed by atoms with Crippen LogP contribution >= 0.6 is 0 Å². The van der Waals surface area contributed by atoms with Crippen LogP contribution < -0.4 is 15.0 Å². The highest BCUT2D eigenvalue weighted by Crippen LogP contribution is 2.43. The van der Waals surface area contributed by atoms with Crippen molar-refractivity contribution >= 4 is 28.6 Å². The molecule has 5 heterocycles. The lowest BCUT2D eigenvalue weighted by Gasteiger charge is -2.52. The molecule has 34 heavy (non-hydrogen) atoms. The Morgan fingerprint density at radius 1 is 1.06 bits per heavy atom. The van der Waals surface area contributed by atoms with Gasteiger partial charge in [0, 0.05) is 67.6 Å². The normalized spacial score (nSPS) is 17.9. The Bertz CT molecular complexity index is 1150. The lowest BCUT2D eigenvalue weighted by molar-refractivity contribution is -0.274. The summed E-state index contributed by atoms with van der Waals surface area (Å²) in [7, 11) is 0. The molecule has 0 radical (unpaired) electrons. The molecule has 1 spiro atoms. The summed E-state index contributed by atoms with van der Waals surface area (Å²) in [5.74, 6) is 2.73. The fraction of sp³-hybridized carbons (Fsp3) is 0.364. The van der Waals surface area contributed by atoms with E-state index in [1.54, 1.807) is 24.5 Å². The molecule has 0 atom stereocenters. The van der Waals surface area contributed by atoms with Gasteiger partial charge in [-0.2, -0.15) is 0 Å². The Labute approximate surface area is 196 Å². The standard InChI is InChI=1S/C22H21F3N6O2S/c23-22(24,25)33-16-3-7-27-17(10-16)28-18-11-19(30-20(29-18)15-2-1-6-26-12-15)31-13-21(14-31)4-8-34(32)9-5-21/h1-3,6-7,10-12H,4-5,8-9,13-14H2,(H,27,28,29,30). The first-order chi connectivity index (χ1) is 16.3. The Hall–Kier alpha value is -3.12. The van der Waals surface area contributed by atoms with E-state index in [0.717, 1.165) is 49.6 Å². The molecule has 1 N–H and O–H groups in total. The summed E-state index contributed by atoms with van der Waals surface area (Å²) < 4.78 is 53.5. The molecule has 12 heteroatoms. The minimum Gasteiger partial charge on any atom is -0.616 e. The van der Waals surface area contributed by atoms with Gasteiger partial charge in [-0.05, 0) is 18.2 Å². The third kappa shape index (κ3) is 5.17. The van der Waals surface area contributed by atoms with Crippen molar-refractivity contribution in [3.8, 4) is 17.1 Å². The average Bonchev–Trinajstić information content (AvgIpc) is 2.78. The van der Waals surface area contributed by atoms with Gasteiger partial charge in [-0.15, -0.1) is 13.2 Å². The number of pyridine rings is 2. The molecular weight excluding hydrogens is 469 g/mol. The van der Waals surface area contributed by atoms with Gasteiger partial charge in [0.1, 0.15) is 34.7 Å². The van der Waals surface area contributed by atoms with Gasteiger partial charge in [0.15, 0.2) is 5.82 Å². The van der Waals surface area contributed by atoms with Gasteiger partial charge in [0.05, 0.1) is 0 Å². The molecule has 2 aliphatic heterocycles. The zero-order valence-corrected chi connectivity index (χ0v) is 18.8.